The Bertz CT molecular complexity index is 891. The maximum Gasteiger partial charge on any atom is 0.256 e. The first-order valence-corrected chi connectivity index (χ1v) is 7.74. The average Bonchev–Trinajstić information content (AvgIpc) is 2.97. The smallest absolute Gasteiger partial charge is 0.256 e. The van der Waals surface area contributed by atoms with Crippen LogP contribution in [0.25, 0.3) is 0 Å². The molecular weight excluding hydrogens is 329 g/mol. The zero-order valence-corrected chi connectivity index (χ0v) is 13.7. The highest BCUT2D eigenvalue weighted by Crippen LogP contribution is 2.19. The normalized spacial score (nSPS) is 10.6. The quantitative estimate of drug-likeness (QED) is 0.768. The lowest BCUT2D eigenvalue weighted by Crippen LogP contribution is -2.12. The number of halogens is 2. The number of rotatable bonds is 4. The average molecular weight is 344 g/mol. The van der Waals surface area contributed by atoms with Gasteiger partial charge in [0.1, 0.15) is 5.82 Å². The minimum atomic E-state index is -0.379. The molecule has 0 aliphatic heterocycles. The maximum atomic E-state index is 13.1. The number of benzene rings is 2. The first-order valence-electron chi connectivity index (χ1n) is 7.36. The fourth-order valence-electron chi connectivity index (χ4n) is 2.37. The van der Waals surface area contributed by atoms with E-state index in [1.165, 1.54) is 12.1 Å². The van der Waals surface area contributed by atoms with E-state index >= 15 is 0 Å². The number of carbonyl (C=O) groups excluding carboxylic acids is 1. The molecule has 3 rings (SSSR count). The zero-order chi connectivity index (χ0) is 17.1. The molecule has 1 aromatic heterocycles. The topological polar surface area (TPSA) is 46.9 Å². The molecule has 0 fully saturated rings. The van der Waals surface area contributed by atoms with Crippen LogP contribution in [-0.2, 0) is 6.54 Å². The second-order valence-corrected chi connectivity index (χ2v) is 5.84. The number of nitrogens with one attached hydrogen (secondary N) is 1. The summed E-state index contributed by atoms with van der Waals surface area (Å²) >= 11 is 6.02. The predicted molar refractivity (Wildman–Crippen MR) is 91.9 cm³/mol. The molecule has 0 aliphatic rings. The number of amides is 1. The Kier molecular flexibility index (Phi) is 4.62. The van der Waals surface area contributed by atoms with E-state index in [2.05, 4.69) is 10.4 Å². The van der Waals surface area contributed by atoms with Gasteiger partial charge in [0.2, 0.25) is 0 Å². The van der Waals surface area contributed by atoms with Gasteiger partial charge in [-0.05, 0) is 36.2 Å². The molecule has 0 atom stereocenters. The molecule has 6 heteroatoms. The van der Waals surface area contributed by atoms with Gasteiger partial charge in [-0.1, -0.05) is 35.9 Å². The number of anilines is 1. The fourth-order valence-corrected chi connectivity index (χ4v) is 2.59. The molecule has 1 amide bonds. The SMILES string of the molecule is Cc1ccccc1C(=O)Nc1cnn(Cc2ccc(F)cc2Cl)c1. The fraction of sp³-hybridized carbons (Fsp3) is 0.111. The summed E-state index contributed by atoms with van der Waals surface area (Å²) in [6, 6.07) is 11.6. The Balaban J connectivity index is 1.72. The van der Waals surface area contributed by atoms with Crippen LogP contribution in [0, 0.1) is 12.7 Å². The summed E-state index contributed by atoms with van der Waals surface area (Å²) in [6.45, 7) is 2.27. The molecule has 0 aliphatic carbocycles. The van der Waals surface area contributed by atoms with Gasteiger partial charge in [0.05, 0.1) is 18.4 Å². The molecule has 4 nitrogen and oxygen atoms in total. The molecule has 0 saturated carbocycles. The van der Waals surface area contributed by atoms with Gasteiger partial charge in [0.25, 0.3) is 5.91 Å². The van der Waals surface area contributed by atoms with Crippen molar-refractivity contribution >= 4 is 23.2 Å². The number of hydrogen-bond acceptors (Lipinski definition) is 2. The molecule has 1 heterocycles. The zero-order valence-electron chi connectivity index (χ0n) is 13.0. The van der Waals surface area contributed by atoms with Gasteiger partial charge in [-0.25, -0.2) is 4.39 Å². The summed E-state index contributed by atoms with van der Waals surface area (Å²) in [7, 11) is 0. The van der Waals surface area contributed by atoms with Crippen LogP contribution in [0.5, 0.6) is 0 Å². The van der Waals surface area contributed by atoms with Crippen molar-refractivity contribution in [2.45, 2.75) is 13.5 Å². The molecule has 122 valence electrons. The monoisotopic (exact) mass is 343 g/mol. The maximum absolute atomic E-state index is 13.1. The summed E-state index contributed by atoms with van der Waals surface area (Å²) in [5, 5.41) is 7.35. The molecule has 1 N–H and O–H groups in total. The number of nitrogens with zero attached hydrogens (tertiary/aromatic N) is 2. The Morgan fingerprint density at radius 3 is 2.83 bits per heavy atom. The standard InChI is InChI=1S/C18H15ClFN3O/c1-12-4-2-3-5-16(12)18(24)22-15-9-21-23(11-15)10-13-6-7-14(20)8-17(13)19/h2-9,11H,10H2,1H3,(H,22,24). The third-order valence-corrected chi connectivity index (χ3v) is 3.98. The van der Waals surface area contributed by atoms with Crippen molar-refractivity contribution in [3.8, 4) is 0 Å². The first-order chi connectivity index (χ1) is 11.5. The van der Waals surface area contributed by atoms with E-state index < -0.39 is 0 Å². The lowest BCUT2D eigenvalue weighted by Gasteiger charge is -2.06. The molecule has 2 aromatic carbocycles. The van der Waals surface area contributed by atoms with Gasteiger partial charge >= 0.3 is 0 Å². The second kappa shape index (κ2) is 6.84. The molecule has 0 unspecified atom stereocenters. The third-order valence-electron chi connectivity index (χ3n) is 3.63. The highest BCUT2D eigenvalue weighted by atomic mass is 35.5. The van der Waals surface area contributed by atoms with Crippen molar-refractivity contribution in [3.63, 3.8) is 0 Å². The van der Waals surface area contributed by atoms with E-state index in [1.807, 2.05) is 25.1 Å². The van der Waals surface area contributed by atoms with Crippen LogP contribution in [0.4, 0.5) is 10.1 Å². The van der Waals surface area contributed by atoms with E-state index in [9.17, 15) is 9.18 Å². The van der Waals surface area contributed by atoms with Crippen LogP contribution in [0.2, 0.25) is 5.02 Å². The highest BCUT2D eigenvalue weighted by molar-refractivity contribution is 6.31. The molecule has 0 spiro atoms. The van der Waals surface area contributed by atoms with E-state index in [0.717, 1.165) is 11.1 Å². The second-order valence-electron chi connectivity index (χ2n) is 5.43. The Morgan fingerprint density at radius 1 is 1.29 bits per heavy atom. The van der Waals surface area contributed by atoms with Crippen molar-refractivity contribution in [3.05, 3.63) is 82.4 Å². The number of aryl methyl sites for hydroxylation is 1. The van der Waals surface area contributed by atoms with Gasteiger partial charge < -0.3 is 5.32 Å². The van der Waals surface area contributed by atoms with Crippen molar-refractivity contribution in [2.75, 3.05) is 5.32 Å². The Labute approximate surface area is 143 Å². The lowest BCUT2D eigenvalue weighted by molar-refractivity contribution is 0.102. The number of aromatic nitrogens is 2. The van der Waals surface area contributed by atoms with Gasteiger partial charge in [-0.2, -0.15) is 5.10 Å². The molecule has 3 aromatic rings. The third kappa shape index (κ3) is 3.63. The van der Waals surface area contributed by atoms with Crippen molar-refractivity contribution in [1.82, 2.24) is 9.78 Å². The van der Waals surface area contributed by atoms with Gasteiger partial charge in [-0.15, -0.1) is 0 Å². The van der Waals surface area contributed by atoms with E-state index in [4.69, 9.17) is 11.6 Å². The van der Waals surface area contributed by atoms with E-state index in [1.54, 1.807) is 29.2 Å². The van der Waals surface area contributed by atoms with Gasteiger partial charge in [-0.3, -0.25) is 9.48 Å². The highest BCUT2D eigenvalue weighted by Gasteiger charge is 2.10. The first kappa shape index (κ1) is 16.2. The van der Waals surface area contributed by atoms with Crippen molar-refractivity contribution in [1.29, 1.82) is 0 Å². The molecule has 0 radical (unpaired) electrons. The Hall–Kier alpha value is -2.66. The summed E-state index contributed by atoms with van der Waals surface area (Å²) in [4.78, 5) is 12.3. The van der Waals surface area contributed by atoms with Crippen LogP contribution in [0.3, 0.4) is 0 Å². The minimum absolute atomic E-state index is 0.188. The molecule has 24 heavy (non-hydrogen) atoms. The molecule has 0 saturated heterocycles. The molecular formula is C18H15ClFN3O. The summed E-state index contributed by atoms with van der Waals surface area (Å²) in [5.41, 5.74) is 2.85. The summed E-state index contributed by atoms with van der Waals surface area (Å²) in [6.07, 6.45) is 3.27. The van der Waals surface area contributed by atoms with Crippen LogP contribution in [0.1, 0.15) is 21.5 Å². The minimum Gasteiger partial charge on any atom is -0.319 e. The van der Waals surface area contributed by atoms with Crippen LogP contribution >= 0.6 is 11.6 Å². The summed E-state index contributed by atoms with van der Waals surface area (Å²) in [5.74, 6) is -0.567. The van der Waals surface area contributed by atoms with Crippen LogP contribution < -0.4 is 5.32 Å². The largest absolute Gasteiger partial charge is 0.319 e. The number of carbonyl (C=O) groups is 1. The predicted octanol–water partition coefficient (Wildman–Crippen LogP) is 4.28. The Morgan fingerprint density at radius 2 is 2.08 bits per heavy atom. The van der Waals surface area contributed by atoms with E-state index in [-0.39, 0.29) is 11.7 Å². The van der Waals surface area contributed by atoms with Crippen molar-refractivity contribution in [2.24, 2.45) is 0 Å². The molecule has 0 bridgehead atoms. The lowest BCUT2D eigenvalue weighted by atomic mass is 10.1. The van der Waals surface area contributed by atoms with Gasteiger partial charge in [0, 0.05) is 16.8 Å². The van der Waals surface area contributed by atoms with Gasteiger partial charge in [0.15, 0.2) is 0 Å². The van der Waals surface area contributed by atoms with Crippen LogP contribution in [-0.4, -0.2) is 15.7 Å². The summed E-state index contributed by atoms with van der Waals surface area (Å²) < 4.78 is 14.7. The van der Waals surface area contributed by atoms with Crippen LogP contribution in [0.15, 0.2) is 54.9 Å². The van der Waals surface area contributed by atoms with E-state index in [0.29, 0.717) is 22.8 Å². The number of hydrogen-bond donors (Lipinski definition) is 1. The van der Waals surface area contributed by atoms with Crippen molar-refractivity contribution < 1.29 is 9.18 Å².